The quantitative estimate of drug-likeness (QED) is 0.726. The second-order valence-electron chi connectivity index (χ2n) is 4.81. The summed E-state index contributed by atoms with van der Waals surface area (Å²) in [5.74, 6) is -0.0568. The smallest absolute Gasteiger partial charge is 0.264 e. The number of carbonyl (C=O) groups excluding carboxylic acids is 1. The fourth-order valence-corrected chi connectivity index (χ4v) is 2.34. The van der Waals surface area contributed by atoms with Crippen molar-refractivity contribution < 1.29 is 4.79 Å². The van der Waals surface area contributed by atoms with Crippen molar-refractivity contribution in [2.75, 3.05) is 26.2 Å². The fraction of sp³-hybridized carbons (Fsp3) is 0.500. The van der Waals surface area contributed by atoms with Crippen LogP contribution < -0.4 is 10.9 Å². The van der Waals surface area contributed by atoms with Crippen LogP contribution in [0.4, 0.5) is 0 Å². The van der Waals surface area contributed by atoms with E-state index in [9.17, 15) is 9.59 Å². The predicted octanol–water partition coefficient (Wildman–Crippen LogP) is -1.44. The molecule has 0 aliphatic carbocycles. The Morgan fingerprint density at radius 3 is 2.90 bits per heavy atom. The van der Waals surface area contributed by atoms with Crippen molar-refractivity contribution in [1.82, 2.24) is 29.5 Å². The zero-order chi connectivity index (χ0) is 14.1. The van der Waals surface area contributed by atoms with Gasteiger partial charge in [0.2, 0.25) is 5.91 Å². The van der Waals surface area contributed by atoms with Gasteiger partial charge in [-0.05, 0) is 0 Å². The van der Waals surface area contributed by atoms with Gasteiger partial charge in [0.1, 0.15) is 18.3 Å². The number of aromatic nitrogens is 4. The lowest BCUT2D eigenvalue weighted by molar-refractivity contribution is -0.132. The standard InChI is InChI=1S/C12H16N6O2/c1-16-11-9(6-15-16)12(20)18(8-14-11)7-10(19)17-4-2-13-3-5-17/h6,8,13H,2-5,7H2,1H3. The van der Waals surface area contributed by atoms with Crippen LogP contribution in [0.3, 0.4) is 0 Å². The van der Waals surface area contributed by atoms with Crippen molar-refractivity contribution in [2.45, 2.75) is 6.54 Å². The third kappa shape index (κ3) is 2.18. The highest BCUT2D eigenvalue weighted by molar-refractivity contribution is 5.77. The second kappa shape index (κ2) is 5.04. The molecule has 1 fully saturated rings. The van der Waals surface area contributed by atoms with Gasteiger partial charge in [-0.2, -0.15) is 5.10 Å². The Kier molecular flexibility index (Phi) is 3.23. The molecule has 8 heteroatoms. The van der Waals surface area contributed by atoms with E-state index in [0.29, 0.717) is 24.1 Å². The highest BCUT2D eigenvalue weighted by Gasteiger charge is 2.17. The van der Waals surface area contributed by atoms with Gasteiger partial charge in [0.25, 0.3) is 5.56 Å². The first-order chi connectivity index (χ1) is 9.66. The first-order valence-electron chi connectivity index (χ1n) is 6.52. The van der Waals surface area contributed by atoms with E-state index in [0.717, 1.165) is 13.1 Å². The van der Waals surface area contributed by atoms with Crippen LogP contribution >= 0.6 is 0 Å². The molecule has 2 aromatic heterocycles. The normalized spacial score (nSPS) is 15.8. The van der Waals surface area contributed by atoms with Crippen LogP contribution in [-0.4, -0.2) is 56.3 Å². The SMILES string of the molecule is Cn1ncc2c(=O)n(CC(=O)N3CCNCC3)cnc21. The number of nitrogens with zero attached hydrogens (tertiary/aromatic N) is 5. The lowest BCUT2D eigenvalue weighted by Crippen LogP contribution is -2.48. The number of amides is 1. The molecule has 0 radical (unpaired) electrons. The molecule has 20 heavy (non-hydrogen) atoms. The number of hydrogen-bond donors (Lipinski definition) is 1. The number of aryl methyl sites for hydroxylation is 1. The van der Waals surface area contributed by atoms with Crippen LogP contribution in [0.2, 0.25) is 0 Å². The van der Waals surface area contributed by atoms with Crippen LogP contribution in [0.25, 0.3) is 11.0 Å². The number of fused-ring (bicyclic) bond motifs is 1. The summed E-state index contributed by atoms with van der Waals surface area (Å²) in [6.45, 7) is 2.96. The first-order valence-corrected chi connectivity index (χ1v) is 6.52. The monoisotopic (exact) mass is 276 g/mol. The molecule has 8 nitrogen and oxygen atoms in total. The molecule has 1 amide bonds. The van der Waals surface area contributed by atoms with Gasteiger partial charge < -0.3 is 10.2 Å². The number of carbonyl (C=O) groups is 1. The number of rotatable bonds is 2. The van der Waals surface area contributed by atoms with E-state index in [4.69, 9.17) is 0 Å². The van der Waals surface area contributed by atoms with Crippen LogP contribution in [0.1, 0.15) is 0 Å². The lowest BCUT2D eigenvalue weighted by atomic mass is 10.3. The van der Waals surface area contributed by atoms with Crippen molar-refractivity contribution in [3.8, 4) is 0 Å². The van der Waals surface area contributed by atoms with Crippen molar-refractivity contribution in [2.24, 2.45) is 7.05 Å². The van der Waals surface area contributed by atoms with E-state index in [2.05, 4.69) is 15.4 Å². The summed E-state index contributed by atoms with van der Waals surface area (Å²) in [6.07, 6.45) is 2.89. The Bertz CT molecular complexity index is 698. The zero-order valence-corrected chi connectivity index (χ0v) is 11.2. The summed E-state index contributed by atoms with van der Waals surface area (Å²) in [5.41, 5.74) is 0.299. The van der Waals surface area contributed by atoms with E-state index in [1.807, 2.05) is 0 Å². The largest absolute Gasteiger partial charge is 0.339 e. The summed E-state index contributed by atoms with van der Waals surface area (Å²) in [7, 11) is 1.73. The van der Waals surface area contributed by atoms with Crippen LogP contribution in [-0.2, 0) is 18.4 Å². The summed E-state index contributed by atoms with van der Waals surface area (Å²) >= 11 is 0. The van der Waals surface area contributed by atoms with E-state index in [1.165, 1.54) is 17.1 Å². The Hall–Kier alpha value is -2.22. The van der Waals surface area contributed by atoms with Gasteiger partial charge in [0, 0.05) is 33.2 Å². The molecular weight excluding hydrogens is 260 g/mol. The van der Waals surface area contributed by atoms with Crippen LogP contribution in [0, 0.1) is 0 Å². The number of nitrogens with one attached hydrogen (secondary N) is 1. The van der Waals surface area contributed by atoms with Gasteiger partial charge in [-0.25, -0.2) is 4.98 Å². The molecule has 106 valence electrons. The van der Waals surface area contributed by atoms with E-state index in [-0.39, 0.29) is 18.0 Å². The average molecular weight is 276 g/mol. The molecular formula is C12H16N6O2. The molecule has 0 aromatic carbocycles. The maximum absolute atomic E-state index is 12.2. The summed E-state index contributed by atoms with van der Waals surface area (Å²) < 4.78 is 2.88. The number of hydrogen-bond acceptors (Lipinski definition) is 5. The first kappa shape index (κ1) is 12.8. The molecule has 1 aliphatic heterocycles. The summed E-state index contributed by atoms with van der Waals surface area (Å²) in [4.78, 5) is 30.3. The molecule has 1 aliphatic rings. The van der Waals surface area contributed by atoms with Crippen LogP contribution in [0.15, 0.2) is 17.3 Å². The molecule has 3 rings (SSSR count). The Labute approximate surface area is 115 Å². The van der Waals surface area contributed by atoms with E-state index in [1.54, 1.807) is 16.6 Å². The molecule has 0 saturated carbocycles. The summed E-state index contributed by atoms with van der Waals surface area (Å²) in [5, 5.41) is 7.62. The van der Waals surface area contributed by atoms with Crippen molar-refractivity contribution in [3.05, 3.63) is 22.9 Å². The van der Waals surface area contributed by atoms with Crippen molar-refractivity contribution in [3.63, 3.8) is 0 Å². The number of piperazine rings is 1. The third-order valence-electron chi connectivity index (χ3n) is 3.49. The van der Waals surface area contributed by atoms with Gasteiger partial charge in [-0.15, -0.1) is 0 Å². The van der Waals surface area contributed by atoms with Gasteiger partial charge in [-0.1, -0.05) is 0 Å². The highest BCUT2D eigenvalue weighted by Crippen LogP contribution is 2.03. The van der Waals surface area contributed by atoms with Gasteiger partial charge in [0.05, 0.1) is 6.20 Å². The molecule has 0 atom stereocenters. The second-order valence-corrected chi connectivity index (χ2v) is 4.81. The Morgan fingerprint density at radius 1 is 1.40 bits per heavy atom. The minimum absolute atomic E-state index is 0.0245. The Morgan fingerprint density at radius 2 is 2.15 bits per heavy atom. The molecule has 1 saturated heterocycles. The van der Waals surface area contributed by atoms with Crippen molar-refractivity contribution >= 4 is 16.9 Å². The van der Waals surface area contributed by atoms with E-state index < -0.39 is 0 Å². The molecule has 0 unspecified atom stereocenters. The minimum atomic E-state index is -0.230. The molecule has 3 heterocycles. The minimum Gasteiger partial charge on any atom is -0.339 e. The molecule has 1 N–H and O–H groups in total. The maximum Gasteiger partial charge on any atom is 0.264 e. The molecule has 0 bridgehead atoms. The van der Waals surface area contributed by atoms with Gasteiger partial charge in [0.15, 0.2) is 5.65 Å². The Balaban J connectivity index is 1.85. The van der Waals surface area contributed by atoms with Gasteiger partial charge >= 0.3 is 0 Å². The highest BCUT2D eigenvalue weighted by atomic mass is 16.2. The maximum atomic E-state index is 12.2. The molecule has 2 aromatic rings. The van der Waals surface area contributed by atoms with E-state index >= 15 is 0 Å². The average Bonchev–Trinajstić information content (AvgIpc) is 2.85. The summed E-state index contributed by atoms with van der Waals surface area (Å²) in [6, 6.07) is 0. The predicted molar refractivity (Wildman–Crippen MR) is 72.2 cm³/mol. The zero-order valence-electron chi connectivity index (χ0n) is 11.2. The molecule has 0 spiro atoms. The van der Waals surface area contributed by atoms with Gasteiger partial charge in [-0.3, -0.25) is 18.8 Å². The van der Waals surface area contributed by atoms with Crippen LogP contribution in [0.5, 0.6) is 0 Å². The third-order valence-corrected chi connectivity index (χ3v) is 3.49. The lowest BCUT2D eigenvalue weighted by Gasteiger charge is -2.27. The topological polar surface area (TPSA) is 85.0 Å². The fourth-order valence-electron chi connectivity index (χ4n) is 2.34. The van der Waals surface area contributed by atoms with Crippen molar-refractivity contribution in [1.29, 1.82) is 0 Å².